The molecule has 1 aromatic heterocycles. The van der Waals surface area contributed by atoms with Crippen molar-refractivity contribution in [1.82, 2.24) is 9.97 Å². The van der Waals surface area contributed by atoms with Gasteiger partial charge in [0, 0.05) is 17.4 Å². The van der Waals surface area contributed by atoms with Crippen molar-refractivity contribution in [1.29, 1.82) is 5.26 Å². The van der Waals surface area contributed by atoms with Gasteiger partial charge < -0.3 is 9.64 Å². The lowest BCUT2D eigenvalue weighted by molar-refractivity contribution is 0.338. The molecule has 1 aliphatic rings. The molecular weight excluding hydrogens is 488 g/mol. The van der Waals surface area contributed by atoms with E-state index in [4.69, 9.17) is 16.3 Å². The number of hydrogen-bond donors (Lipinski definition) is 0. The molecule has 36 heavy (non-hydrogen) atoms. The number of fused-ring (bicyclic) bond motifs is 1. The summed E-state index contributed by atoms with van der Waals surface area (Å²) in [5.74, 6) is 1.04. The van der Waals surface area contributed by atoms with Gasteiger partial charge in [-0.1, -0.05) is 25.1 Å². The molecule has 1 saturated carbocycles. The fraction of sp³-hybridized carbons (Fsp3) is 0.276. The minimum Gasteiger partial charge on any atom is -0.491 e. The second-order valence-electron chi connectivity index (χ2n) is 8.75. The van der Waals surface area contributed by atoms with E-state index in [1.165, 1.54) is 0 Å². The fourth-order valence-electron chi connectivity index (χ4n) is 4.46. The van der Waals surface area contributed by atoms with Gasteiger partial charge in [0.1, 0.15) is 23.5 Å². The van der Waals surface area contributed by atoms with Crippen LogP contribution in [-0.4, -0.2) is 34.8 Å². The van der Waals surface area contributed by atoms with Crippen molar-refractivity contribution < 1.29 is 4.74 Å². The predicted octanol–water partition coefficient (Wildman–Crippen LogP) is 7.37. The van der Waals surface area contributed by atoms with Crippen molar-refractivity contribution >= 4 is 45.8 Å². The van der Waals surface area contributed by atoms with Gasteiger partial charge in [0.2, 0.25) is 0 Å². The third-order valence-corrected chi connectivity index (χ3v) is 7.14. The van der Waals surface area contributed by atoms with Gasteiger partial charge in [-0.05, 0) is 78.6 Å². The number of halogens is 1. The molecule has 5 rings (SSSR count). The average molecular weight is 515 g/mol. The molecule has 0 N–H and O–H groups in total. The third kappa shape index (κ3) is 5.00. The van der Waals surface area contributed by atoms with Crippen LogP contribution in [0.4, 0.5) is 11.4 Å². The van der Waals surface area contributed by atoms with E-state index in [1.54, 1.807) is 11.8 Å². The first-order valence-corrected chi connectivity index (χ1v) is 13.9. The largest absolute Gasteiger partial charge is 0.491 e. The first-order chi connectivity index (χ1) is 17.6. The molecule has 4 aromatic rings. The Balaban J connectivity index is 1.47. The Hall–Kier alpha value is -3.27. The van der Waals surface area contributed by atoms with E-state index >= 15 is 0 Å². The lowest BCUT2D eigenvalue weighted by atomic mass is 10.0. The number of aromatic nitrogens is 2. The quantitative estimate of drug-likeness (QED) is 0.171. The molecule has 0 amide bonds. The van der Waals surface area contributed by atoms with Crippen LogP contribution < -0.4 is 9.64 Å². The summed E-state index contributed by atoms with van der Waals surface area (Å²) in [4.78, 5) is 11.6. The van der Waals surface area contributed by atoms with E-state index in [2.05, 4.69) is 70.3 Å². The Morgan fingerprint density at radius 1 is 1.06 bits per heavy atom. The smallest absolute Gasteiger partial charge is 0.140 e. The minimum absolute atomic E-state index is 0.384. The number of nitrogens with zero attached hydrogens (tertiary/aromatic N) is 4. The van der Waals surface area contributed by atoms with Crippen LogP contribution >= 0.6 is 23.4 Å². The molecule has 1 fully saturated rings. The number of aryl methyl sites for hydroxylation is 1. The second-order valence-corrected chi connectivity index (χ2v) is 9.95. The molecule has 0 aliphatic heterocycles. The highest BCUT2D eigenvalue weighted by Crippen LogP contribution is 2.41. The minimum atomic E-state index is 0.384. The average Bonchev–Trinajstić information content (AvgIpc) is 3.76. The van der Waals surface area contributed by atoms with Gasteiger partial charge in [-0.25, -0.2) is 4.98 Å². The lowest BCUT2D eigenvalue weighted by Gasteiger charge is -2.27. The van der Waals surface area contributed by atoms with Gasteiger partial charge in [-0.15, -0.1) is 23.4 Å². The van der Waals surface area contributed by atoms with Crippen molar-refractivity contribution in [3.05, 3.63) is 71.9 Å². The summed E-state index contributed by atoms with van der Waals surface area (Å²) in [6.45, 7) is 2.47. The van der Waals surface area contributed by atoms with Crippen LogP contribution in [0.25, 0.3) is 22.2 Å². The number of ether oxygens (including phenoxy) is 1. The van der Waals surface area contributed by atoms with Crippen LogP contribution in [0.15, 0.2) is 65.8 Å². The van der Waals surface area contributed by atoms with Crippen molar-refractivity contribution in [3.63, 3.8) is 0 Å². The maximum atomic E-state index is 9.84. The van der Waals surface area contributed by atoms with Gasteiger partial charge in [-0.2, -0.15) is 5.26 Å². The molecule has 0 atom stereocenters. The zero-order chi connectivity index (χ0) is 25.1. The lowest BCUT2D eigenvalue weighted by Crippen LogP contribution is -2.20. The number of thioether (sulfide) groups is 1. The number of anilines is 2. The standard InChI is InChI=1S/C29H27ClN4OS/c1-3-19-14-25(15-22(17-31)29(19)35-13-12-30)34(24-9-10-24)23-7-4-20(5-8-23)21-6-11-26-27(16-21)32-18-28(33-26)36-2/h4-8,11,14-16,18,24H,3,9-10,12-13H2,1-2H3. The maximum absolute atomic E-state index is 9.84. The number of hydrogen-bond acceptors (Lipinski definition) is 6. The number of alkyl halides is 1. The Bertz CT molecular complexity index is 1430. The Labute approximate surface area is 221 Å². The van der Waals surface area contributed by atoms with E-state index in [0.29, 0.717) is 29.8 Å². The molecule has 1 heterocycles. The summed E-state index contributed by atoms with van der Waals surface area (Å²) in [6, 6.07) is 21.7. The van der Waals surface area contributed by atoms with E-state index < -0.39 is 0 Å². The molecular formula is C29H27ClN4OS. The number of nitriles is 1. The second kappa shape index (κ2) is 10.8. The summed E-state index contributed by atoms with van der Waals surface area (Å²) < 4.78 is 5.84. The zero-order valence-corrected chi connectivity index (χ0v) is 21.9. The van der Waals surface area contributed by atoms with Crippen LogP contribution in [-0.2, 0) is 6.42 Å². The Morgan fingerprint density at radius 3 is 2.50 bits per heavy atom. The van der Waals surface area contributed by atoms with Gasteiger partial charge in [0.15, 0.2) is 0 Å². The van der Waals surface area contributed by atoms with E-state index in [9.17, 15) is 5.26 Å². The van der Waals surface area contributed by atoms with Gasteiger partial charge in [-0.3, -0.25) is 4.98 Å². The SMILES string of the molecule is CCc1cc(N(c2ccc(-c3ccc4nc(SC)cnc4c3)cc2)C2CC2)cc(C#N)c1OCCCl. The van der Waals surface area contributed by atoms with Crippen LogP contribution in [0.1, 0.15) is 30.9 Å². The topological polar surface area (TPSA) is 62.0 Å². The normalized spacial score (nSPS) is 12.9. The Kier molecular flexibility index (Phi) is 7.31. The zero-order valence-electron chi connectivity index (χ0n) is 20.4. The monoisotopic (exact) mass is 514 g/mol. The number of benzene rings is 3. The van der Waals surface area contributed by atoms with Gasteiger partial charge in [0.25, 0.3) is 0 Å². The molecule has 0 bridgehead atoms. The molecule has 3 aromatic carbocycles. The van der Waals surface area contributed by atoms with Gasteiger partial charge >= 0.3 is 0 Å². The fourth-order valence-corrected chi connectivity index (χ4v) is 4.88. The van der Waals surface area contributed by atoms with E-state index in [-0.39, 0.29) is 0 Å². The number of rotatable bonds is 9. The summed E-state index contributed by atoms with van der Waals surface area (Å²) in [6.07, 6.45) is 6.87. The summed E-state index contributed by atoms with van der Waals surface area (Å²) >= 11 is 7.42. The molecule has 1 aliphatic carbocycles. The van der Waals surface area contributed by atoms with Crippen molar-refractivity contribution in [2.45, 2.75) is 37.3 Å². The molecule has 182 valence electrons. The maximum Gasteiger partial charge on any atom is 0.140 e. The van der Waals surface area contributed by atoms with Crippen molar-refractivity contribution in [2.75, 3.05) is 23.6 Å². The molecule has 0 radical (unpaired) electrons. The van der Waals surface area contributed by atoms with E-state index in [1.807, 2.05) is 24.6 Å². The van der Waals surface area contributed by atoms with Gasteiger partial charge in [0.05, 0.1) is 28.7 Å². The first kappa shape index (κ1) is 24.4. The highest BCUT2D eigenvalue weighted by molar-refractivity contribution is 7.98. The van der Waals surface area contributed by atoms with Crippen molar-refractivity contribution in [2.24, 2.45) is 0 Å². The van der Waals surface area contributed by atoms with Crippen LogP contribution in [0.3, 0.4) is 0 Å². The molecule has 7 heteroatoms. The first-order valence-electron chi connectivity index (χ1n) is 12.1. The van der Waals surface area contributed by atoms with E-state index in [0.717, 1.165) is 63.4 Å². The third-order valence-electron chi connectivity index (χ3n) is 6.37. The molecule has 0 spiro atoms. The molecule has 0 unspecified atom stereocenters. The van der Waals surface area contributed by atoms with Crippen LogP contribution in [0.2, 0.25) is 0 Å². The highest BCUT2D eigenvalue weighted by Gasteiger charge is 2.31. The highest BCUT2D eigenvalue weighted by atomic mass is 35.5. The summed E-state index contributed by atoms with van der Waals surface area (Å²) in [5.41, 5.74) is 7.76. The summed E-state index contributed by atoms with van der Waals surface area (Å²) in [7, 11) is 0. The summed E-state index contributed by atoms with van der Waals surface area (Å²) in [5, 5.41) is 10.8. The van der Waals surface area contributed by atoms with Crippen molar-refractivity contribution in [3.8, 4) is 22.9 Å². The molecule has 0 saturated heterocycles. The molecule has 5 nitrogen and oxygen atoms in total. The Morgan fingerprint density at radius 2 is 1.83 bits per heavy atom. The van der Waals surface area contributed by atoms with Crippen LogP contribution in [0.5, 0.6) is 5.75 Å². The van der Waals surface area contributed by atoms with Crippen LogP contribution in [0, 0.1) is 11.3 Å². The predicted molar refractivity (Wildman–Crippen MR) is 149 cm³/mol.